The van der Waals surface area contributed by atoms with Crippen molar-refractivity contribution >= 4 is 5.91 Å². The number of nitrogens with one attached hydrogen (secondary N) is 1. The first-order chi connectivity index (χ1) is 11.7. The molecule has 132 valence electrons. The third-order valence-electron chi connectivity index (χ3n) is 5.94. The highest BCUT2D eigenvalue weighted by atomic mass is 16.1. The molecule has 4 nitrogen and oxygen atoms in total. The second-order valence-electron chi connectivity index (χ2n) is 7.26. The Balaban J connectivity index is 1.50. The van der Waals surface area contributed by atoms with Crippen molar-refractivity contribution in [3.8, 4) is 0 Å². The van der Waals surface area contributed by atoms with E-state index >= 15 is 0 Å². The molecule has 4 atom stereocenters. The lowest BCUT2D eigenvalue weighted by Crippen LogP contribution is -2.58. The molecule has 0 radical (unpaired) electrons. The minimum atomic E-state index is 0.0536. The number of hydrogen-bond acceptors (Lipinski definition) is 3. The molecule has 1 N–H and O–H groups in total. The van der Waals surface area contributed by atoms with E-state index in [2.05, 4.69) is 29.0 Å². The molecule has 2 bridgehead atoms. The molecule has 0 aliphatic carbocycles. The van der Waals surface area contributed by atoms with Crippen LogP contribution in [0.4, 0.5) is 0 Å². The predicted octanol–water partition coefficient (Wildman–Crippen LogP) is 2.47. The summed E-state index contributed by atoms with van der Waals surface area (Å²) in [6.07, 6.45) is 2.57. The summed E-state index contributed by atoms with van der Waals surface area (Å²) in [4.78, 5) is 17.4. The third kappa shape index (κ3) is 3.98. The molecule has 4 rings (SSSR count). The number of nitrogens with zero attached hydrogens (tertiary/aromatic N) is 2. The van der Waals surface area contributed by atoms with Gasteiger partial charge < -0.3 is 10.2 Å². The van der Waals surface area contributed by atoms with Crippen molar-refractivity contribution in [2.45, 2.75) is 32.7 Å². The zero-order valence-corrected chi connectivity index (χ0v) is 15.1. The summed E-state index contributed by atoms with van der Waals surface area (Å²) in [6.45, 7) is 11.2. The first-order valence-electron chi connectivity index (χ1n) is 9.50. The van der Waals surface area contributed by atoms with Crippen molar-refractivity contribution in [2.75, 3.05) is 39.3 Å². The van der Waals surface area contributed by atoms with Gasteiger partial charge in [0.1, 0.15) is 0 Å². The Morgan fingerprint density at radius 2 is 2.00 bits per heavy atom. The summed E-state index contributed by atoms with van der Waals surface area (Å²) in [5.74, 6) is 1.69. The minimum absolute atomic E-state index is 0.0536. The zero-order chi connectivity index (χ0) is 16.9. The maximum absolute atomic E-state index is 12.2. The molecule has 1 aromatic rings. The van der Waals surface area contributed by atoms with Crippen LogP contribution in [0.2, 0.25) is 0 Å². The Kier molecular flexibility index (Phi) is 5.90. The summed E-state index contributed by atoms with van der Waals surface area (Å²) in [6, 6.07) is 10.0. The van der Waals surface area contributed by atoms with Crippen molar-refractivity contribution < 1.29 is 4.79 Å². The fraction of sp³-hybridized carbons (Fsp3) is 0.650. The Hall–Kier alpha value is -1.39. The van der Waals surface area contributed by atoms with Gasteiger partial charge in [0, 0.05) is 31.2 Å². The van der Waals surface area contributed by atoms with E-state index in [4.69, 9.17) is 0 Å². The summed E-state index contributed by atoms with van der Waals surface area (Å²) < 4.78 is 0. The molecule has 1 unspecified atom stereocenters. The van der Waals surface area contributed by atoms with Crippen molar-refractivity contribution in [1.82, 2.24) is 15.1 Å². The molecule has 0 spiro atoms. The van der Waals surface area contributed by atoms with Gasteiger partial charge in [-0.15, -0.1) is 0 Å². The second-order valence-corrected chi connectivity index (χ2v) is 7.26. The number of piperidine rings is 3. The highest BCUT2D eigenvalue weighted by molar-refractivity contribution is 5.94. The molecular formula is C20H31N3O. The van der Waals surface area contributed by atoms with Gasteiger partial charge in [0.05, 0.1) is 0 Å². The topological polar surface area (TPSA) is 35.6 Å². The largest absolute Gasteiger partial charge is 0.350 e. The monoisotopic (exact) mass is 329 g/mol. The standard InChI is InChI=1S/C20H31N3O/c1-3-22(4-2)14-18-15-23-11-10-17(18)12-19(23)13-21-20(24)16-8-6-5-7-9-16/h5-9,17-19H,3-4,10-15H2,1-2H3,(H,21,24)/t17-,18-,19+/m0/s1. The number of rotatable bonds is 7. The van der Waals surface area contributed by atoms with Crippen LogP contribution in [0.25, 0.3) is 0 Å². The van der Waals surface area contributed by atoms with E-state index in [1.807, 2.05) is 30.3 Å². The lowest BCUT2D eigenvalue weighted by Gasteiger charge is -2.51. The molecule has 24 heavy (non-hydrogen) atoms. The van der Waals surface area contributed by atoms with Crippen LogP contribution in [0.1, 0.15) is 37.0 Å². The van der Waals surface area contributed by atoms with Crippen LogP contribution >= 0.6 is 0 Å². The van der Waals surface area contributed by atoms with Gasteiger partial charge in [0.25, 0.3) is 5.91 Å². The molecule has 0 aromatic heterocycles. The summed E-state index contributed by atoms with van der Waals surface area (Å²) in [5.41, 5.74) is 0.757. The summed E-state index contributed by atoms with van der Waals surface area (Å²) in [5, 5.41) is 3.14. The maximum atomic E-state index is 12.2. The van der Waals surface area contributed by atoms with Crippen LogP contribution in [0.3, 0.4) is 0 Å². The average Bonchev–Trinajstić information content (AvgIpc) is 2.65. The van der Waals surface area contributed by atoms with Gasteiger partial charge in [-0.2, -0.15) is 0 Å². The van der Waals surface area contributed by atoms with E-state index in [1.54, 1.807) is 0 Å². The lowest BCUT2D eigenvalue weighted by molar-refractivity contribution is -0.0104. The highest BCUT2D eigenvalue weighted by Gasteiger charge is 2.40. The van der Waals surface area contributed by atoms with Gasteiger partial charge in [-0.3, -0.25) is 9.69 Å². The minimum Gasteiger partial charge on any atom is -0.350 e. The van der Waals surface area contributed by atoms with Crippen LogP contribution < -0.4 is 5.32 Å². The van der Waals surface area contributed by atoms with E-state index in [1.165, 1.54) is 32.5 Å². The van der Waals surface area contributed by atoms with Gasteiger partial charge in [-0.1, -0.05) is 32.0 Å². The van der Waals surface area contributed by atoms with Gasteiger partial charge in [0.2, 0.25) is 0 Å². The zero-order valence-electron chi connectivity index (χ0n) is 15.1. The van der Waals surface area contributed by atoms with Crippen molar-refractivity contribution in [3.63, 3.8) is 0 Å². The number of carbonyl (C=O) groups is 1. The number of carbonyl (C=O) groups excluding carboxylic acids is 1. The first-order valence-corrected chi connectivity index (χ1v) is 9.50. The van der Waals surface area contributed by atoms with Crippen LogP contribution in [0.15, 0.2) is 30.3 Å². The van der Waals surface area contributed by atoms with E-state index in [-0.39, 0.29) is 5.91 Å². The number of amides is 1. The average molecular weight is 329 g/mol. The fourth-order valence-corrected chi connectivity index (χ4v) is 4.38. The second kappa shape index (κ2) is 8.13. The number of hydrogen-bond donors (Lipinski definition) is 1. The molecule has 3 aliphatic heterocycles. The van der Waals surface area contributed by atoms with Crippen LogP contribution in [-0.4, -0.2) is 61.0 Å². The van der Waals surface area contributed by atoms with Crippen LogP contribution in [-0.2, 0) is 0 Å². The Bertz CT molecular complexity index is 529. The third-order valence-corrected chi connectivity index (χ3v) is 5.94. The van der Waals surface area contributed by atoms with Crippen LogP contribution in [0, 0.1) is 11.8 Å². The summed E-state index contributed by atoms with van der Waals surface area (Å²) >= 11 is 0. The van der Waals surface area contributed by atoms with Crippen molar-refractivity contribution in [3.05, 3.63) is 35.9 Å². The molecule has 3 saturated heterocycles. The SMILES string of the molecule is CCN(CC)C[C@H]1CN2CC[C@H]1C[C@@H]2CNC(=O)c1ccccc1. The summed E-state index contributed by atoms with van der Waals surface area (Å²) in [7, 11) is 0. The van der Waals surface area contributed by atoms with Gasteiger partial charge >= 0.3 is 0 Å². The molecular weight excluding hydrogens is 298 g/mol. The molecule has 3 aliphatic rings. The molecule has 3 fully saturated rings. The van der Waals surface area contributed by atoms with E-state index < -0.39 is 0 Å². The normalized spacial score (nSPS) is 29.0. The molecule has 3 heterocycles. The van der Waals surface area contributed by atoms with Crippen LogP contribution in [0.5, 0.6) is 0 Å². The van der Waals surface area contributed by atoms with E-state index in [0.29, 0.717) is 6.04 Å². The van der Waals surface area contributed by atoms with Crippen molar-refractivity contribution in [2.24, 2.45) is 11.8 Å². The number of fused-ring (bicyclic) bond motifs is 3. The molecule has 0 saturated carbocycles. The van der Waals surface area contributed by atoms with Crippen molar-refractivity contribution in [1.29, 1.82) is 0 Å². The van der Waals surface area contributed by atoms with E-state index in [9.17, 15) is 4.79 Å². The van der Waals surface area contributed by atoms with E-state index in [0.717, 1.165) is 37.0 Å². The Morgan fingerprint density at radius 3 is 2.62 bits per heavy atom. The van der Waals surface area contributed by atoms with Gasteiger partial charge in [-0.05, 0) is 56.4 Å². The molecule has 1 aromatic carbocycles. The Labute approximate surface area is 146 Å². The van der Waals surface area contributed by atoms with Gasteiger partial charge in [0.15, 0.2) is 0 Å². The smallest absolute Gasteiger partial charge is 0.251 e. The predicted molar refractivity (Wildman–Crippen MR) is 98.1 cm³/mol. The van der Waals surface area contributed by atoms with Gasteiger partial charge in [-0.25, -0.2) is 0 Å². The lowest BCUT2D eigenvalue weighted by atomic mass is 9.75. The number of benzene rings is 1. The highest BCUT2D eigenvalue weighted by Crippen LogP contribution is 2.36. The molecule has 4 heteroatoms. The molecule has 1 amide bonds. The maximum Gasteiger partial charge on any atom is 0.251 e. The quantitative estimate of drug-likeness (QED) is 0.835. The Morgan fingerprint density at radius 1 is 1.25 bits per heavy atom. The first kappa shape index (κ1) is 17.4. The fourth-order valence-electron chi connectivity index (χ4n) is 4.38.